The molecule has 0 aromatic rings. The quantitative estimate of drug-likeness (QED) is 0.829. The number of piperidine rings is 1. The van der Waals surface area contributed by atoms with E-state index in [0.29, 0.717) is 6.04 Å². The molecule has 1 amide bonds. The summed E-state index contributed by atoms with van der Waals surface area (Å²) in [5.41, 5.74) is -0.455. The molecule has 0 aromatic carbocycles. The van der Waals surface area contributed by atoms with Gasteiger partial charge in [-0.1, -0.05) is 0 Å². The van der Waals surface area contributed by atoms with Crippen molar-refractivity contribution in [2.75, 3.05) is 19.7 Å². The molecule has 2 saturated heterocycles. The van der Waals surface area contributed by atoms with Crippen molar-refractivity contribution in [3.05, 3.63) is 0 Å². The largest absolute Gasteiger partial charge is 0.444 e. The normalized spacial score (nSPS) is 29.5. The number of likely N-dealkylation sites (tertiary alicyclic amines) is 1. The highest BCUT2D eigenvalue weighted by atomic mass is 16.6. The van der Waals surface area contributed by atoms with Crippen molar-refractivity contribution in [1.82, 2.24) is 10.2 Å². The van der Waals surface area contributed by atoms with Gasteiger partial charge in [0.2, 0.25) is 0 Å². The van der Waals surface area contributed by atoms with E-state index >= 15 is 0 Å². The zero-order valence-corrected chi connectivity index (χ0v) is 16.2. The third kappa shape index (κ3) is 5.92. The highest BCUT2D eigenvalue weighted by molar-refractivity contribution is 5.68. The smallest absolute Gasteiger partial charge is 0.410 e. The molecule has 2 rings (SSSR count). The topological polar surface area (TPSA) is 50.8 Å². The Balaban J connectivity index is 1.84. The fourth-order valence-electron chi connectivity index (χ4n) is 3.66. The molecule has 2 aliphatic rings. The Kier molecular flexibility index (Phi) is 6.54. The zero-order valence-electron chi connectivity index (χ0n) is 16.2. The number of rotatable bonds is 5. The number of hydrogen-bond acceptors (Lipinski definition) is 4. The molecule has 140 valence electrons. The molecule has 0 spiro atoms. The first-order valence-electron chi connectivity index (χ1n) is 9.55. The van der Waals surface area contributed by atoms with Crippen LogP contribution in [0.25, 0.3) is 0 Å². The van der Waals surface area contributed by atoms with Crippen molar-refractivity contribution in [2.45, 2.75) is 96.4 Å². The Morgan fingerprint density at radius 1 is 1.38 bits per heavy atom. The van der Waals surface area contributed by atoms with E-state index in [1.807, 2.05) is 25.7 Å². The molecule has 0 radical (unpaired) electrons. The van der Waals surface area contributed by atoms with E-state index < -0.39 is 5.60 Å². The molecule has 3 unspecified atom stereocenters. The van der Waals surface area contributed by atoms with Crippen LogP contribution >= 0.6 is 0 Å². The van der Waals surface area contributed by atoms with E-state index in [4.69, 9.17) is 9.47 Å². The molecule has 1 N–H and O–H groups in total. The van der Waals surface area contributed by atoms with Gasteiger partial charge in [-0.05, 0) is 73.1 Å². The SMILES string of the molecule is CC(CC1CCCCN1C(=O)OC(C)(C)C)NCC1(C)CCCO1. The molecular formula is C19H36N2O3. The maximum absolute atomic E-state index is 12.5. The second-order valence-electron chi connectivity index (χ2n) is 8.74. The lowest BCUT2D eigenvalue weighted by Crippen LogP contribution is -2.49. The Hall–Kier alpha value is -0.810. The van der Waals surface area contributed by atoms with E-state index in [-0.39, 0.29) is 17.7 Å². The summed E-state index contributed by atoms with van der Waals surface area (Å²) in [6, 6.07) is 0.632. The van der Waals surface area contributed by atoms with Gasteiger partial charge in [0.05, 0.1) is 5.60 Å². The summed E-state index contributed by atoms with van der Waals surface area (Å²) < 4.78 is 11.4. The molecule has 2 aliphatic heterocycles. The molecule has 5 heteroatoms. The zero-order chi connectivity index (χ0) is 17.8. The number of nitrogens with zero attached hydrogens (tertiary/aromatic N) is 1. The van der Waals surface area contributed by atoms with Crippen LogP contribution in [0.15, 0.2) is 0 Å². The summed E-state index contributed by atoms with van der Waals surface area (Å²) in [7, 11) is 0. The molecule has 5 nitrogen and oxygen atoms in total. The lowest BCUT2D eigenvalue weighted by atomic mass is 9.96. The molecule has 0 aliphatic carbocycles. The summed E-state index contributed by atoms with van der Waals surface area (Å²) in [6.07, 6.45) is 6.42. The van der Waals surface area contributed by atoms with Crippen molar-refractivity contribution in [1.29, 1.82) is 0 Å². The molecule has 0 bridgehead atoms. The fraction of sp³-hybridized carbons (Fsp3) is 0.947. The lowest BCUT2D eigenvalue weighted by Gasteiger charge is -2.38. The van der Waals surface area contributed by atoms with Gasteiger partial charge in [-0.15, -0.1) is 0 Å². The van der Waals surface area contributed by atoms with Crippen molar-refractivity contribution < 1.29 is 14.3 Å². The van der Waals surface area contributed by atoms with Gasteiger partial charge in [0.25, 0.3) is 0 Å². The van der Waals surface area contributed by atoms with E-state index in [0.717, 1.165) is 51.8 Å². The van der Waals surface area contributed by atoms with Gasteiger partial charge in [0.15, 0.2) is 0 Å². The Morgan fingerprint density at radius 2 is 2.12 bits per heavy atom. The maximum atomic E-state index is 12.5. The highest BCUT2D eigenvalue weighted by Crippen LogP contribution is 2.26. The average molecular weight is 341 g/mol. The number of carbonyl (C=O) groups excluding carboxylic acids is 1. The molecule has 24 heavy (non-hydrogen) atoms. The van der Waals surface area contributed by atoms with Gasteiger partial charge < -0.3 is 19.7 Å². The van der Waals surface area contributed by atoms with Gasteiger partial charge >= 0.3 is 6.09 Å². The number of amides is 1. The minimum atomic E-state index is -0.433. The molecular weight excluding hydrogens is 304 g/mol. The van der Waals surface area contributed by atoms with E-state index in [1.54, 1.807) is 0 Å². The summed E-state index contributed by atoms with van der Waals surface area (Å²) in [5, 5.41) is 3.62. The van der Waals surface area contributed by atoms with Crippen LogP contribution in [0.5, 0.6) is 0 Å². The summed E-state index contributed by atoms with van der Waals surface area (Å²) >= 11 is 0. The van der Waals surface area contributed by atoms with Crippen LogP contribution in [0, 0.1) is 0 Å². The van der Waals surface area contributed by atoms with E-state index in [1.165, 1.54) is 6.42 Å². The van der Waals surface area contributed by atoms with Gasteiger partial charge in [-0.3, -0.25) is 0 Å². The van der Waals surface area contributed by atoms with E-state index in [2.05, 4.69) is 19.2 Å². The van der Waals surface area contributed by atoms with Crippen LogP contribution in [0.3, 0.4) is 0 Å². The Morgan fingerprint density at radius 3 is 2.75 bits per heavy atom. The molecule has 3 atom stereocenters. The van der Waals surface area contributed by atoms with Crippen molar-refractivity contribution >= 4 is 6.09 Å². The molecule has 0 saturated carbocycles. The first-order chi connectivity index (χ1) is 11.2. The van der Waals surface area contributed by atoms with Gasteiger partial charge in [0, 0.05) is 31.8 Å². The van der Waals surface area contributed by atoms with Crippen molar-refractivity contribution in [3.8, 4) is 0 Å². The number of nitrogens with one attached hydrogen (secondary N) is 1. The predicted molar refractivity (Wildman–Crippen MR) is 96.3 cm³/mol. The molecule has 2 heterocycles. The summed E-state index contributed by atoms with van der Waals surface area (Å²) in [5.74, 6) is 0. The van der Waals surface area contributed by atoms with Crippen LogP contribution < -0.4 is 5.32 Å². The highest BCUT2D eigenvalue weighted by Gasteiger charge is 2.33. The number of hydrogen-bond donors (Lipinski definition) is 1. The first-order valence-corrected chi connectivity index (χ1v) is 9.55. The van der Waals surface area contributed by atoms with Crippen LogP contribution in [0.4, 0.5) is 4.79 Å². The van der Waals surface area contributed by atoms with Crippen molar-refractivity contribution in [3.63, 3.8) is 0 Å². The maximum Gasteiger partial charge on any atom is 0.410 e. The lowest BCUT2D eigenvalue weighted by molar-refractivity contribution is 0.00517. The third-order valence-electron chi connectivity index (χ3n) is 5.01. The second kappa shape index (κ2) is 8.05. The first kappa shape index (κ1) is 19.5. The summed E-state index contributed by atoms with van der Waals surface area (Å²) in [4.78, 5) is 14.4. The van der Waals surface area contributed by atoms with Gasteiger partial charge in [-0.25, -0.2) is 4.79 Å². The summed E-state index contributed by atoms with van der Waals surface area (Å²) in [6.45, 7) is 12.7. The van der Waals surface area contributed by atoms with Gasteiger partial charge in [0.1, 0.15) is 5.60 Å². The average Bonchev–Trinajstić information content (AvgIpc) is 2.91. The number of carbonyl (C=O) groups is 1. The predicted octanol–water partition coefficient (Wildman–Crippen LogP) is 3.71. The second-order valence-corrected chi connectivity index (χ2v) is 8.74. The van der Waals surface area contributed by atoms with Crippen LogP contribution in [0.2, 0.25) is 0 Å². The van der Waals surface area contributed by atoms with Gasteiger partial charge in [-0.2, -0.15) is 0 Å². The minimum absolute atomic E-state index is 0.0221. The van der Waals surface area contributed by atoms with Crippen LogP contribution in [0.1, 0.15) is 73.1 Å². The van der Waals surface area contributed by atoms with E-state index in [9.17, 15) is 4.79 Å². The minimum Gasteiger partial charge on any atom is -0.444 e. The third-order valence-corrected chi connectivity index (χ3v) is 5.01. The monoisotopic (exact) mass is 340 g/mol. The van der Waals surface area contributed by atoms with Crippen LogP contribution in [-0.2, 0) is 9.47 Å². The number of ether oxygens (including phenoxy) is 2. The Bertz CT molecular complexity index is 413. The molecule has 2 fully saturated rings. The fourth-order valence-corrected chi connectivity index (χ4v) is 3.66. The van der Waals surface area contributed by atoms with Crippen LogP contribution in [-0.4, -0.2) is 54.0 Å². The molecule has 0 aromatic heterocycles. The van der Waals surface area contributed by atoms with Crippen molar-refractivity contribution in [2.24, 2.45) is 0 Å². The Labute approximate surface area is 147 Å². The standard InChI is InChI=1S/C19H36N2O3/c1-15(20-14-19(5)10-8-12-23-19)13-16-9-6-7-11-21(16)17(22)24-18(2,3)4/h15-16,20H,6-14H2,1-5H3.